The third-order valence-corrected chi connectivity index (χ3v) is 4.36. The van der Waals surface area contributed by atoms with Gasteiger partial charge in [0.1, 0.15) is 0 Å². The molecule has 0 aliphatic carbocycles. The van der Waals surface area contributed by atoms with Gasteiger partial charge >= 0.3 is 0 Å². The van der Waals surface area contributed by atoms with Gasteiger partial charge in [-0.1, -0.05) is 24.3 Å². The molecule has 0 radical (unpaired) electrons. The molecule has 0 spiro atoms. The van der Waals surface area contributed by atoms with Crippen LogP contribution in [0.1, 0.15) is 25.0 Å². The maximum atomic E-state index is 10.8. The van der Waals surface area contributed by atoms with Crippen LogP contribution in [0.25, 0.3) is 0 Å². The van der Waals surface area contributed by atoms with Gasteiger partial charge in [-0.25, -0.2) is 0 Å². The van der Waals surface area contributed by atoms with Gasteiger partial charge in [0.15, 0.2) is 11.1 Å². The molecule has 10 nitrogen and oxygen atoms in total. The first-order valence-corrected chi connectivity index (χ1v) is 8.83. The second kappa shape index (κ2) is 8.88. The van der Waals surface area contributed by atoms with Crippen molar-refractivity contribution in [3.63, 3.8) is 0 Å². The van der Waals surface area contributed by atoms with Crippen LogP contribution in [0.4, 0.5) is 11.4 Å². The molecule has 30 heavy (non-hydrogen) atoms. The number of nitro benzene ring substituents is 2. The molecule has 2 unspecified atom stereocenters. The van der Waals surface area contributed by atoms with Crippen molar-refractivity contribution in [1.29, 1.82) is 10.5 Å². The number of nitrogens with zero attached hydrogens (tertiary/aromatic N) is 6. The average Bonchev–Trinajstić information content (AvgIpc) is 2.73. The highest BCUT2D eigenvalue weighted by Crippen LogP contribution is 2.24. The van der Waals surface area contributed by atoms with Crippen molar-refractivity contribution < 1.29 is 9.85 Å². The van der Waals surface area contributed by atoms with Crippen LogP contribution in [-0.4, -0.2) is 20.9 Å². The Balaban J connectivity index is 2.18. The molecular weight excluding hydrogens is 388 g/mol. The number of nitro groups is 2. The standard InChI is InChI=1S/C20H18N6O4/c1-19(13-21,11-15-3-7-17(8-4-15)25(27)28)23-24-20(2,14-22)12-16-5-9-18(10-6-16)26(29)30/h3-10H,11-12H2,1-2H3. The van der Waals surface area contributed by atoms with E-state index in [1.807, 2.05) is 0 Å². The summed E-state index contributed by atoms with van der Waals surface area (Å²) >= 11 is 0. The summed E-state index contributed by atoms with van der Waals surface area (Å²) in [6.07, 6.45) is 0.314. The van der Waals surface area contributed by atoms with Gasteiger partial charge in [0.05, 0.1) is 22.0 Å². The normalized spacial score (nSPS) is 14.8. The van der Waals surface area contributed by atoms with Gasteiger partial charge in [-0.05, 0) is 25.0 Å². The van der Waals surface area contributed by atoms with Gasteiger partial charge in [-0.15, -0.1) is 0 Å². The summed E-state index contributed by atoms with van der Waals surface area (Å²) in [6, 6.07) is 15.7. The second-order valence-corrected chi connectivity index (χ2v) is 7.17. The lowest BCUT2D eigenvalue weighted by Gasteiger charge is -2.20. The summed E-state index contributed by atoms with van der Waals surface area (Å²) in [6.45, 7) is 3.11. The third kappa shape index (κ3) is 5.66. The quantitative estimate of drug-likeness (QED) is 0.361. The molecule has 2 aromatic rings. The van der Waals surface area contributed by atoms with Crippen LogP contribution >= 0.6 is 0 Å². The Morgan fingerprint density at radius 1 is 0.767 bits per heavy atom. The van der Waals surface area contributed by atoms with Gasteiger partial charge < -0.3 is 0 Å². The lowest BCUT2D eigenvalue weighted by molar-refractivity contribution is -0.385. The molecule has 0 aromatic heterocycles. The molecular formula is C20H18N6O4. The first kappa shape index (κ1) is 22.1. The van der Waals surface area contributed by atoms with Crippen LogP contribution in [0.15, 0.2) is 58.8 Å². The van der Waals surface area contributed by atoms with Gasteiger partial charge in [0.2, 0.25) is 0 Å². The maximum Gasteiger partial charge on any atom is 0.269 e. The Kier molecular flexibility index (Phi) is 6.55. The second-order valence-electron chi connectivity index (χ2n) is 7.17. The van der Waals surface area contributed by atoms with Crippen LogP contribution in [0.5, 0.6) is 0 Å². The van der Waals surface area contributed by atoms with Gasteiger partial charge in [-0.3, -0.25) is 20.2 Å². The van der Waals surface area contributed by atoms with Gasteiger partial charge in [0, 0.05) is 37.1 Å². The molecule has 0 heterocycles. The average molecular weight is 406 g/mol. The monoisotopic (exact) mass is 406 g/mol. The zero-order valence-electron chi connectivity index (χ0n) is 16.3. The molecule has 0 aliphatic heterocycles. The number of non-ortho nitro benzene ring substituents is 2. The fourth-order valence-electron chi connectivity index (χ4n) is 2.68. The Morgan fingerprint density at radius 3 is 1.30 bits per heavy atom. The van der Waals surface area contributed by atoms with Gasteiger partial charge in [-0.2, -0.15) is 20.8 Å². The highest BCUT2D eigenvalue weighted by Gasteiger charge is 2.29. The minimum absolute atomic E-state index is 0.0563. The van der Waals surface area contributed by atoms with E-state index in [0.717, 1.165) is 0 Å². The molecule has 0 saturated heterocycles. The van der Waals surface area contributed by atoms with Crippen molar-refractivity contribution >= 4 is 11.4 Å². The lowest BCUT2D eigenvalue weighted by atomic mass is 9.94. The molecule has 0 aliphatic rings. The molecule has 0 fully saturated rings. The summed E-state index contributed by atoms with van der Waals surface area (Å²) in [5.74, 6) is 0. The smallest absolute Gasteiger partial charge is 0.258 e. The number of nitriles is 2. The Morgan fingerprint density at radius 2 is 1.07 bits per heavy atom. The predicted octanol–water partition coefficient (Wildman–Crippen LogP) is 4.30. The van der Waals surface area contributed by atoms with E-state index in [4.69, 9.17) is 0 Å². The van der Waals surface area contributed by atoms with Crippen LogP contribution < -0.4 is 0 Å². The van der Waals surface area contributed by atoms with E-state index in [0.29, 0.717) is 11.1 Å². The minimum atomic E-state index is -1.27. The molecule has 2 rings (SSSR count). The summed E-state index contributed by atoms with van der Waals surface area (Å²) < 4.78 is 0. The SMILES string of the molecule is CC(C#N)(Cc1ccc([N+](=O)[O-])cc1)N=NC(C)(C#N)Cc1ccc([N+](=O)[O-])cc1. The Hall–Kier alpha value is -4.18. The molecule has 10 heteroatoms. The zero-order valence-corrected chi connectivity index (χ0v) is 16.3. The zero-order chi connectivity index (χ0) is 22.4. The third-order valence-electron chi connectivity index (χ3n) is 4.36. The van der Waals surface area contributed by atoms with Crippen LogP contribution in [0.3, 0.4) is 0 Å². The number of hydrogen-bond donors (Lipinski definition) is 0. The van der Waals surface area contributed by atoms with Crippen LogP contribution in [0, 0.1) is 42.9 Å². The molecule has 0 N–H and O–H groups in total. The van der Waals surface area contributed by atoms with Crippen molar-refractivity contribution in [2.75, 3.05) is 0 Å². The van der Waals surface area contributed by atoms with E-state index in [1.165, 1.54) is 24.3 Å². The summed E-state index contributed by atoms with van der Waals surface area (Å²) in [5, 5.41) is 48.9. The number of rotatable bonds is 8. The number of benzene rings is 2. The van der Waals surface area contributed by atoms with Crippen molar-refractivity contribution in [3.05, 3.63) is 79.9 Å². The highest BCUT2D eigenvalue weighted by molar-refractivity contribution is 5.35. The van der Waals surface area contributed by atoms with Crippen molar-refractivity contribution in [1.82, 2.24) is 0 Å². The highest BCUT2D eigenvalue weighted by atomic mass is 16.6. The predicted molar refractivity (Wildman–Crippen MR) is 106 cm³/mol. The first-order chi connectivity index (χ1) is 14.1. The topological polar surface area (TPSA) is 159 Å². The molecule has 0 bridgehead atoms. The largest absolute Gasteiger partial charge is 0.269 e. The minimum Gasteiger partial charge on any atom is -0.258 e. The summed E-state index contributed by atoms with van der Waals surface area (Å²) in [5.41, 5.74) is -1.33. The number of hydrogen-bond acceptors (Lipinski definition) is 8. The van der Waals surface area contributed by atoms with E-state index in [1.54, 1.807) is 38.1 Å². The van der Waals surface area contributed by atoms with E-state index in [9.17, 15) is 30.8 Å². The molecule has 0 amide bonds. The summed E-state index contributed by atoms with van der Waals surface area (Å²) in [4.78, 5) is 20.5. The molecule has 152 valence electrons. The van der Waals surface area contributed by atoms with Crippen LogP contribution in [-0.2, 0) is 12.8 Å². The fourth-order valence-corrected chi connectivity index (χ4v) is 2.68. The Bertz CT molecular complexity index is 967. The van der Waals surface area contributed by atoms with Crippen molar-refractivity contribution in [3.8, 4) is 12.1 Å². The van der Waals surface area contributed by atoms with Crippen molar-refractivity contribution in [2.24, 2.45) is 10.2 Å². The fraction of sp³-hybridized carbons (Fsp3) is 0.300. The first-order valence-electron chi connectivity index (χ1n) is 8.83. The molecule has 0 saturated carbocycles. The van der Waals surface area contributed by atoms with Crippen LogP contribution in [0.2, 0.25) is 0 Å². The van der Waals surface area contributed by atoms with E-state index >= 15 is 0 Å². The summed E-state index contributed by atoms with van der Waals surface area (Å²) in [7, 11) is 0. The Labute approximate surface area is 172 Å². The molecule has 2 aromatic carbocycles. The lowest BCUT2D eigenvalue weighted by Crippen LogP contribution is -2.27. The van der Waals surface area contributed by atoms with E-state index in [2.05, 4.69) is 22.4 Å². The van der Waals surface area contributed by atoms with Crippen molar-refractivity contribution in [2.45, 2.75) is 37.8 Å². The molecule has 2 atom stereocenters. The van der Waals surface area contributed by atoms with E-state index in [-0.39, 0.29) is 24.2 Å². The number of azo groups is 1. The van der Waals surface area contributed by atoms with Gasteiger partial charge in [0.25, 0.3) is 11.4 Å². The van der Waals surface area contributed by atoms with E-state index < -0.39 is 20.9 Å². The maximum absolute atomic E-state index is 10.8.